The minimum Gasteiger partial charge on any atom is -0.398 e. The van der Waals surface area contributed by atoms with E-state index in [4.69, 9.17) is 11.5 Å². The Morgan fingerprint density at radius 3 is 2.83 bits per heavy atom. The first-order chi connectivity index (χ1) is 14.6. The lowest BCUT2D eigenvalue weighted by molar-refractivity contribution is 0.341. The number of pyridine rings is 1. The van der Waals surface area contributed by atoms with Gasteiger partial charge < -0.3 is 16.8 Å². The van der Waals surface area contributed by atoms with Crippen LogP contribution >= 0.6 is 11.8 Å². The predicted molar refractivity (Wildman–Crippen MR) is 115 cm³/mol. The molecule has 0 unspecified atom stereocenters. The molecule has 0 bridgehead atoms. The van der Waals surface area contributed by atoms with Crippen LogP contribution in [0.5, 0.6) is 0 Å². The number of fused-ring (bicyclic) bond motifs is 1. The standard InChI is InChI=1S/C20H21FN8S/c21-13-3-4-18(15(22)7-13)30-19-6-12(10-29-20(19)16(23)9-25-29)17-11-28(27-26-17)14-2-1-5-24-8-14/h3-4,6-7,9-11,14,24H,1-2,5,8,22-23H2/t14-/m0/s1. The van der Waals surface area contributed by atoms with Crippen LogP contribution in [0.4, 0.5) is 15.8 Å². The van der Waals surface area contributed by atoms with Gasteiger partial charge in [-0.1, -0.05) is 17.0 Å². The lowest BCUT2D eigenvalue weighted by Gasteiger charge is -2.22. The molecule has 1 aliphatic heterocycles. The molecule has 1 aromatic carbocycles. The highest BCUT2D eigenvalue weighted by molar-refractivity contribution is 7.99. The van der Waals surface area contributed by atoms with Gasteiger partial charge in [-0.25, -0.2) is 13.6 Å². The van der Waals surface area contributed by atoms with Crippen molar-refractivity contribution in [2.75, 3.05) is 24.6 Å². The Balaban J connectivity index is 1.55. The maximum atomic E-state index is 13.4. The molecule has 8 nitrogen and oxygen atoms in total. The zero-order valence-electron chi connectivity index (χ0n) is 16.1. The summed E-state index contributed by atoms with van der Waals surface area (Å²) in [6, 6.07) is 6.67. The SMILES string of the molecule is Nc1cc(F)ccc1Sc1cc(-c2cn([C@H]3CCCNC3)nn2)cn2ncc(N)c12. The molecular weight excluding hydrogens is 403 g/mol. The Hall–Kier alpha value is -3.11. The Labute approximate surface area is 176 Å². The normalized spacial score (nSPS) is 16.9. The number of halogens is 1. The van der Waals surface area contributed by atoms with Crippen molar-refractivity contribution in [3.8, 4) is 11.3 Å². The highest BCUT2D eigenvalue weighted by Gasteiger charge is 2.19. The molecule has 3 aromatic heterocycles. The van der Waals surface area contributed by atoms with Crippen LogP contribution in [0.2, 0.25) is 0 Å². The van der Waals surface area contributed by atoms with Crippen LogP contribution in [0, 0.1) is 5.82 Å². The van der Waals surface area contributed by atoms with Gasteiger partial charge in [0.05, 0.1) is 24.1 Å². The maximum absolute atomic E-state index is 13.4. The summed E-state index contributed by atoms with van der Waals surface area (Å²) in [7, 11) is 0. The number of nitrogens with one attached hydrogen (secondary N) is 1. The molecule has 0 radical (unpaired) electrons. The minimum atomic E-state index is -0.367. The number of nitrogens with two attached hydrogens (primary N) is 2. The Kier molecular flexibility index (Phi) is 4.80. The summed E-state index contributed by atoms with van der Waals surface area (Å²) in [4.78, 5) is 1.60. The van der Waals surface area contributed by atoms with Gasteiger partial charge in [0.25, 0.3) is 0 Å². The Morgan fingerprint density at radius 2 is 2.03 bits per heavy atom. The molecule has 154 valence electrons. The van der Waals surface area contributed by atoms with Crippen molar-refractivity contribution in [3.63, 3.8) is 0 Å². The van der Waals surface area contributed by atoms with Gasteiger partial charge in [-0.3, -0.25) is 0 Å². The molecule has 0 amide bonds. The molecule has 0 spiro atoms. The van der Waals surface area contributed by atoms with Gasteiger partial charge in [0, 0.05) is 33.8 Å². The van der Waals surface area contributed by atoms with Crippen molar-refractivity contribution in [1.29, 1.82) is 0 Å². The van der Waals surface area contributed by atoms with Gasteiger partial charge in [-0.05, 0) is 43.7 Å². The quantitative estimate of drug-likeness (QED) is 0.432. The van der Waals surface area contributed by atoms with Crippen molar-refractivity contribution in [2.45, 2.75) is 28.7 Å². The fourth-order valence-electron chi connectivity index (χ4n) is 3.70. The molecule has 5 N–H and O–H groups in total. The molecule has 1 aliphatic rings. The average Bonchev–Trinajstić information content (AvgIpc) is 3.38. The van der Waals surface area contributed by atoms with Crippen molar-refractivity contribution in [1.82, 2.24) is 29.9 Å². The summed E-state index contributed by atoms with van der Waals surface area (Å²) in [5.41, 5.74) is 15.5. The number of hydrogen-bond donors (Lipinski definition) is 3. The summed E-state index contributed by atoms with van der Waals surface area (Å²) < 4.78 is 17.1. The zero-order chi connectivity index (χ0) is 20.7. The van der Waals surface area contributed by atoms with E-state index >= 15 is 0 Å². The molecule has 30 heavy (non-hydrogen) atoms. The predicted octanol–water partition coefficient (Wildman–Crippen LogP) is 2.97. The number of hydrogen-bond acceptors (Lipinski definition) is 7. The molecule has 0 saturated carbocycles. The third-order valence-corrected chi connectivity index (χ3v) is 6.37. The number of nitrogen functional groups attached to an aromatic ring is 2. The molecule has 0 aliphatic carbocycles. The average molecular weight is 425 g/mol. The van der Waals surface area contributed by atoms with Crippen molar-refractivity contribution < 1.29 is 4.39 Å². The first-order valence-electron chi connectivity index (χ1n) is 9.71. The second-order valence-corrected chi connectivity index (χ2v) is 8.44. The van der Waals surface area contributed by atoms with Crippen LogP contribution in [0.15, 0.2) is 52.6 Å². The van der Waals surface area contributed by atoms with Crippen LogP contribution in [0.25, 0.3) is 16.8 Å². The van der Waals surface area contributed by atoms with Crippen LogP contribution in [-0.2, 0) is 0 Å². The van der Waals surface area contributed by atoms with Crippen molar-refractivity contribution >= 4 is 28.7 Å². The first-order valence-corrected chi connectivity index (χ1v) is 10.5. The number of anilines is 2. The number of benzene rings is 1. The van der Waals surface area contributed by atoms with Crippen molar-refractivity contribution in [3.05, 3.63) is 48.7 Å². The summed E-state index contributed by atoms with van der Waals surface area (Å²) >= 11 is 1.42. The van der Waals surface area contributed by atoms with E-state index in [2.05, 4.69) is 20.7 Å². The molecular formula is C20H21FN8S. The van der Waals surface area contributed by atoms with Gasteiger partial charge in [-0.15, -0.1) is 5.10 Å². The van der Waals surface area contributed by atoms with Crippen LogP contribution in [0.3, 0.4) is 0 Å². The van der Waals surface area contributed by atoms with Gasteiger partial charge in [0.1, 0.15) is 17.0 Å². The lowest BCUT2D eigenvalue weighted by atomic mass is 10.1. The molecule has 1 fully saturated rings. The molecule has 4 aromatic rings. The fraction of sp³-hybridized carbons (Fsp3) is 0.250. The van der Waals surface area contributed by atoms with Crippen molar-refractivity contribution in [2.24, 2.45) is 0 Å². The molecule has 1 atom stereocenters. The van der Waals surface area contributed by atoms with Crippen LogP contribution in [0.1, 0.15) is 18.9 Å². The monoisotopic (exact) mass is 424 g/mol. The molecule has 10 heteroatoms. The molecule has 1 saturated heterocycles. The van der Waals surface area contributed by atoms with Crippen LogP contribution < -0.4 is 16.8 Å². The lowest BCUT2D eigenvalue weighted by Crippen LogP contribution is -2.31. The highest BCUT2D eigenvalue weighted by atomic mass is 32.2. The van der Waals surface area contributed by atoms with E-state index < -0.39 is 0 Å². The van der Waals surface area contributed by atoms with Gasteiger partial charge in [0.2, 0.25) is 0 Å². The third-order valence-electron chi connectivity index (χ3n) is 5.25. The zero-order valence-corrected chi connectivity index (χ0v) is 16.9. The molecule has 5 rings (SSSR count). The summed E-state index contributed by atoms with van der Waals surface area (Å²) in [6.07, 6.45) is 7.67. The first kappa shape index (κ1) is 18.9. The largest absolute Gasteiger partial charge is 0.398 e. The number of aromatic nitrogens is 5. The number of nitrogens with zero attached hydrogens (tertiary/aromatic N) is 5. The van der Waals surface area contributed by atoms with Gasteiger partial charge in [0.15, 0.2) is 0 Å². The number of rotatable bonds is 4. The van der Waals surface area contributed by atoms with Gasteiger partial charge in [-0.2, -0.15) is 5.10 Å². The van der Waals surface area contributed by atoms with E-state index in [1.807, 2.05) is 23.1 Å². The van der Waals surface area contributed by atoms with Crippen LogP contribution in [-0.4, -0.2) is 37.7 Å². The Bertz CT molecular complexity index is 1210. The fourth-order valence-corrected chi connectivity index (χ4v) is 4.75. The van der Waals surface area contributed by atoms with E-state index in [9.17, 15) is 4.39 Å². The number of piperidine rings is 1. The summed E-state index contributed by atoms with van der Waals surface area (Å²) in [5.74, 6) is -0.367. The summed E-state index contributed by atoms with van der Waals surface area (Å²) in [5, 5.41) is 16.5. The second-order valence-electron chi connectivity index (χ2n) is 7.35. The second kappa shape index (κ2) is 7.62. The van der Waals surface area contributed by atoms with E-state index in [0.29, 0.717) is 17.4 Å². The maximum Gasteiger partial charge on any atom is 0.125 e. The highest BCUT2D eigenvalue weighted by Crippen LogP contribution is 2.38. The van der Waals surface area contributed by atoms with E-state index in [1.54, 1.807) is 16.8 Å². The van der Waals surface area contributed by atoms with E-state index in [-0.39, 0.29) is 5.82 Å². The topological polar surface area (TPSA) is 112 Å². The molecule has 4 heterocycles. The Morgan fingerprint density at radius 1 is 1.13 bits per heavy atom. The smallest absolute Gasteiger partial charge is 0.125 e. The summed E-state index contributed by atoms with van der Waals surface area (Å²) in [6.45, 7) is 1.94. The minimum absolute atomic E-state index is 0.303. The van der Waals surface area contributed by atoms with E-state index in [1.165, 1.54) is 23.9 Å². The third kappa shape index (κ3) is 3.48. The van der Waals surface area contributed by atoms with E-state index in [0.717, 1.165) is 52.5 Å². The van der Waals surface area contributed by atoms with Gasteiger partial charge >= 0.3 is 0 Å².